The van der Waals surface area contributed by atoms with Crippen molar-refractivity contribution in [3.63, 3.8) is 0 Å². The molecule has 1 unspecified atom stereocenters. The van der Waals surface area contributed by atoms with Crippen LogP contribution in [0.2, 0.25) is 6.82 Å². The third-order valence-electron chi connectivity index (χ3n) is 6.82. The van der Waals surface area contributed by atoms with E-state index >= 15 is 0 Å². The second-order valence-corrected chi connectivity index (χ2v) is 8.95. The number of imidazole rings is 1. The van der Waals surface area contributed by atoms with Crippen molar-refractivity contribution in [3.8, 4) is 0 Å². The average molecular weight is 427 g/mol. The Morgan fingerprint density at radius 3 is 2.59 bits per heavy atom. The number of rotatable bonds is 4. The number of pyridine rings is 1. The van der Waals surface area contributed by atoms with Crippen molar-refractivity contribution in [3.05, 3.63) is 82.7 Å². The van der Waals surface area contributed by atoms with Crippen LogP contribution in [0.5, 0.6) is 0 Å². The van der Waals surface area contributed by atoms with Crippen molar-refractivity contribution < 1.29 is 5.02 Å². The molecule has 1 aliphatic heterocycles. The molecule has 2 aliphatic rings. The van der Waals surface area contributed by atoms with Crippen LogP contribution in [-0.2, 0) is 6.54 Å². The molecule has 1 atom stereocenters. The van der Waals surface area contributed by atoms with Crippen LogP contribution in [0.4, 0.5) is 0 Å². The molecule has 32 heavy (non-hydrogen) atoms. The minimum atomic E-state index is -0.404. The summed E-state index contributed by atoms with van der Waals surface area (Å²) in [5, 5.41) is 10.0. The first-order valence-corrected chi connectivity index (χ1v) is 11.4. The summed E-state index contributed by atoms with van der Waals surface area (Å²) in [7, 11) is -0.404. The van der Waals surface area contributed by atoms with Crippen molar-refractivity contribution in [1.82, 2.24) is 24.2 Å². The maximum absolute atomic E-state index is 10.0. The lowest BCUT2D eigenvalue weighted by molar-refractivity contribution is 0.144. The molecule has 3 aromatic rings. The molecule has 1 aromatic carbocycles. The summed E-state index contributed by atoms with van der Waals surface area (Å²) in [4.78, 5) is 14.0. The second-order valence-electron chi connectivity index (χ2n) is 8.95. The van der Waals surface area contributed by atoms with Gasteiger partial charge in [-0.15, -0.1) is 0 Å². The van der Waals surface area contributed by atoms with E-state index in [0.29, 0.717) is 0 Å². The predicted octanol–water partition coefficient (Wildman–Crippen LogP) is 3.27. The quantitative estimate of drug-likeness (QED) is 0.648. The SMILES string of the molecule is CB(O)N1CCN(C2c3ccc(C)cc3C(Cn3ccnc3C)=Cc3cccnc32)CC1. The fraction of sp³-hybridized carbons (Fsp3) is 0.360. The van der Waals surface area contributed by atoms with Gasteiger partial charge in [0.25, 0.3) is 0 Å². The fourth-order valence-corrected chi connectivity index (χ4v) is 5.00. The van der Waals surface area contributed by atoms with E-state index in [4.69, 9.17) is 4.98 Å². The number of aryl methyl sites for hydroxylation is 2. The standard InChI is InChI=1S/C25H30BN5O/c1-18-6-7-22-23(15-18)21(17-30-10-9-27-19(30)2)16-20-5-4-8-28-24(20)25(22)29-11-13-31(14-12-29)26(3)32/h4-10,15-16,25,32H,11-14,17H2,1-3H3. The molecule has 0 radical (unpaired) electrons. The van der Waals surface area contributed by atoms with Gasteiger partial charge in [0.1, 0.15) is 5.82 Å². The van der Waals surface area contributed by atoms with E-state index in [9.17, 15) is 5.02 Å². The molecular formula is C25H30BN5O. The van der Waals surface area contributed by atoms with Crippen LogP contribution in [0.1, 0.15) is 39.8 Å². The lowest BCUT2D eigenvalue weighted by atomic mass is 9.84. The molecule has 0 bridgehead atoms. The van der Waals surface area contributed by atoms with Crippen molar-refractivity contribution in [2.45, 2.75) is 33.3 Å². The molecule has 1 saturated heterocycles. The summed E-state index contributed by atoms with van der Waals surface area (Å²) in [6.45, 7) is 10.3. The normalized spacial score (nSPS) is 19.1. The first-order valence-electron chi connectivity index (χ1n) is 11.4. The number of aromatic nitrogens is 3. The van der Waals surface area contributed by atoms with Crippen molar-refractivity contribution >= 4 is 18.7 Å². The molecule has 2 aromatic heterocycles. The van der Waals surface area contributed by atoms with Crippen LogP contribution in [-0.4, -0.2) is 62.5 Å². The van der Waals surface area contributed by atoms with E-state index in [1.165, 1.54) is 27.8 Å². The van der Waals surface area contributed by atoms with Gasteiger partial charge in [0.05, 0.1) is 11.7 Å². The number of hydrogen-bond donors (Lipinski definition) is 1. The Balaban J connectivity index is 1.61. The predicted molar refractivity (Wildman–Crippen MR) is 129 cm³/mol. The second kappa shape index (κ2) is 8.66. The van der Waals surface area contributed by atoms with Gasteiger partial charge in [0, 0.05) is 51.3 Å². The van der Waals surface area contributed by atoms with Gasteiger partial charge >= 0.3 is 7.05 Å². The van der Waals surface area contributed by atoms with Gasteiger partial charge in [0.2, 0.25) is 0 Å². The molecule has 164 valence electrons. The van der Waals surface area contributed by atoms with Gasteiger partial charge in [-0.25, -0.2) is 4.98 Å². The topological polar surface area (TPSA) is 57.4 Å². The zero-order valence-electron chi connectivity index (χ0n) is 19.1. The molecule has 0 saturated carbocycles. The summed E-state index contributed by atoms with van der Waals surface area (Å²) >= 11 is 0. The lowest BCUT2D eigenvalue weighted by Gasteiger charge is -2.40. The maximum atomic E-state index is 10.0. The van der Waals surface area contributed by atoms with E-state index in [0.717, 1.165) is 44.2 Å². The first-order chi connectivity index (χ1) is 15.5. The molecular weight excluding hydrogens is 397 g/mol. The number of hydrogen-bond acceptors (Lipinski definition) is 5. The highest BCUT2D eigenvalue weighted by atomic mass is 16.2. The van der Waals surface area contributed by atoms with E-state index in [2.05, 4.69) is 56.5 Å². The Hall–Kier alpha value is -2.74. The zero-order valence-corrected chi connectivity index (χ0v) is 19.1. The van der Waals surface area contributed by atoms with Crippen LogP contribution in [0, 0.1) is 13.8 Å². The smallest absolute Gasteiger partial charge is 0.376 e. The van der Waals surface area contributed by atoms with Gasteiger partial charge in [-0.2, -0.15) is 0 Å². The van der Waals surface area contributed by atoms with Crippen LogP contribution in [0.15, 0.2) is 48.9 Å². The number of piperazine rings is 1. The molecule has 0 amide bonds. The van der Waals surface area contributed by atoms with Crippen LogP contribution in [0.3, 0.4) is 0 Å². The van der Waals surface area contributed by atoms with Gasteiger partial charge in [0.15, 0.2) is 0 Å². The molecule has 1 fully saturated rings. The summed E-state index contributed by atoms with van der Waals surface area (Å²) in [6, 6.07) is 11.1. The third kappa shape index (κ3) is 3.92. The molecule has 0 spiro atoms. The minimum Gasteiger partial charge on any atom is -0.437 e. The monoisotopic (exact) mass is 427 g/mol. The fourth-order valence-electron chi connectivity index (χ4n) is 5.00. The van der Waals surface area contributed by atoms with Gasteiger partial charge in [-0.1, -0.05) is 29.8 Å². The Morgan fingerprint density at radius 2 is 1.88 bits per heavy atom. The number of benzene rings is 1. The average Bonchev–Trinajstić information content (AvgIpc) is 3.14. The Labute approximate surface area is 190 Å². The van der Waals surface area contributed by atoms with Crippen molar-refractivity contribution in [1.29, 1.82) is 0 Å². The van der Waals surface area contributed by atoms with Gasteiger partial charge < -0.3 is 14.4 Å². The molecule has 3 heterocycles. The summed E-state index contributed by atoms with van der Waals surface area (Å²) < 4.78 is 2.20. The van der Waals surface area contributed by atoms with Gasteiger partial charge in [-0.3, -0.25) is 9.88 Å². The zero-order chi connectivity index (χ0) is 22.2. The number of nitrogens with zero attached hydrogens (tertiary/aromatic N) is 5. The highest BCUT2D eigenvalue weighted by Crippen LogP contribution is 2.40. The molecule has 7 heteroatoms. The van der Waals surface area contributed by atoms with E-state index in [-0.39, 0.29) is 6.04 Å². The Morgan fingerprint density at radius 1 is 1.06 bits per heavy atom. The number of fused-ring (bicyclic) bond motifs is 2. The molecule has 1 aliphatic carbocycles. The largest absolute Gasteiger partial charge is 0.437 e. The summed E-state index contributed by atoms with van der Waals surface area (Å²) in [6.07, 6.45) is 8.13. The van der Waals surface area contributed by atoms with E-state index < -0.39 is 7.05 Å². The maximum Gasteiger partial charge on any atom is 0.376 e. The number of allylic oxidation sites excluding steroid dienone is 1. The van der Waals surface area contributed by atoms with Gasteiger partial charge in [-0.05, 0) is 55.1 Å². The van der Waals surface area contributed by atoms with Crippen molar-refractivity contribution in [2.24, 2.45) is 0 Å². The summed E-state index contributed by atoms with van der Waals surface area (Å²) in [5.74, 6) is 1.02. The summed E-state index contributed by atoms with van der Waals surface area (Å²) in [5.41, 5.74) is 7.43. The first kappa shape index (κ1) is 21.1. The highest BCUT2D eigenvalue weighted by Gasteiger charge is 2.33. The van der Waals surface area contributed by atoms with Crippen LogP contribution < -0.4 is 0 Å². The minimum absolute atomic E-state index is 0.0931. The lowest BCUT2D eigenvalue weighted by Crippen LogP contribution is -2.52. The van der Waals surface area contributed by atoms with Crippen LogP contribution in [0.25, 0.3) is 11.6 Å². The van der Waals surface area contributed by atoms with Crippen LogP contribution >= 0.6 is 0 Å². The van der Waals surface area contributed by atoms with E-state index in [1.54, 1.807) is 0 Å². The highest BCUT2D eigenvalue weighted by molar-refractivity contribution is 6.45. The Kier molecular flexibility index (Phi) is 5.72. The molecule has 1 N–H and O–H groups in total. The van der Waals surface area contributed by atoms with E-state index in [1.807, 2.05) is 38.4 Å². The molecule has 5 rings (SSSR count). The third-order valence-corrected chi connectivity index (χ3v) is 6.82. The Bertz CT molecular complexity index is 1150. The van der Waals surface area contributed by atoms with Crippen molar-refractivity contribution in [2.75, 3.05) is 26.2 Å². The molecule has 6 nitrogen and oxygen atoms in total.